The van der Waals surface area contributed by atoms with Crippen LogP contribution in [0.3, 0.4) is 0 Å². The fourth-order valence-corrected chi connectivity index (χ4v) is 2.71. The summed E-state index contributed by atoms with van der Waals surface area (Å²) in [5.74, 6) is -3.73. The van der Waals surface area contributed by atoms with Crippen molar-refractivity contribution in [1.82, 2.24) is 0 Å². The molecule has 21 heavy (non-hydrogen) atoms. The Bertz CT molecular complexity index is 622. The minimum Gasteiger partial charge on any atom is -0.204 e. The maximum Gasteiger partial charge on any atom is 0.194 e. The van der Waals surface area contributed by atoms with Crippen molar-refractivity contribution < 1.29 is 13.2 Å². The first-order valence-electron chi connectivity index (χ1n) is 5.07. The van der Waals surface area contributed by atoms with Crippen LogP contribution in [0.15, 0.2) is 38.3 Å². The van der Waals surface area contributed by atoms with Gasteiger partial charge in [0.2, 0.25) is 0 Å². The smallest absolute Gasteiger partial charge is 0.194 e. The van der Waals surface area contributed by atoms with Crippen molar-refractivity contribution in [3.63, 3.8) is 0 Å². The van der Waals surface area contributed by atoms with Gasteiger partial charge in [-0.1, -0.05) is 64.7 Å². The van der Waals surface area contributed by atoms with Crippen molar-refractivity contribution in [3.8, 4) is 0 Å². The molecule has 2 rings (SSSR count). The van der Waals surface area contributed by atoms with Crippen molar-refractivity contribution in [3.05, 3.63) is 55.8 Å². The molecule has 1 aliphatic carbocycles. The van der Waals surface area contributed by atoms with Crippen LogP contribution in [0.25, 0.3) is 0 Å². The van der Waals surface area contributed by atoms with E-state index in [0.717, 1.165) is 18.2 Å². The van der Waals surface area contributed by atoms with Crippen molar-refractivity contribution in [2.24, 2.45) is 0 Å². The van der Waals surface area contributed by atoms with E-state index >= 15 is 0 Å². The third-order valence-electron chi connectivity index (χ3n) is 2.17. The van der Waals surface area contributed by atoms with Gasteiger partial charge in [-0.05, 0) is 12.1 Å². The molecule has 0 spiro atoms. The van der Waals surface area contributed by atoms with Gasteiger partial charge in [-0.25, -0.2) is 13.2 Å². The van der Waals surface area contributed by atoms with Gasteiger partial charge in [0.25, 0.3) is 0 Å². The summed E-state index contributed by atoms with van der Waals surface area (Å²) in [4.78, 5) is 0.303. The van der Waals surface area contributed by atoms with Crippen LogP contribution in [0.1, 0.15) is 0 Å². The molecule has 1 atom stereocenters. The highest BCUT2D eigenvalue weighted by Gasteiger charge is 2.29. The second-order valence-electron chi connectivity index (χ2n) is 3.55. The van der Waals surface area contributed by atoms with Crippen LogP contribution in [-0.4, -0.2) is 10.2 Å². The third-order valence-corrected chi connectivity index (χ3v) is 5.26. The van der Waals surface area contributed by atoms with Crippen LogP contribution >= 0.6 is 70.2 Å². The topological polar surface area (TPSA) is 0 Å². The van der Waals surface area contributed by atoms with E-state index in [1.807, 2.05) is 0 Å². The summed E-state index contributed by atoms with van der Waals surface area (Å²) in [5, 5.41) is 0.0881. The molecule has 0 aliphatic heterocycles. The van der Waals surface area contributed by atoms with E-state index in [1.54, 1.807) is 0 Å². The van der Waals surface area contributed by atoms with Crippen LogP contribution in [0.2, 0.25) is 0 Å². The number of benzene rings is 1. The average molecular weight is 414 g/mol. The predicted molar refractivity (Wildman–Crippen MR) is 86.0 cm³/mol. The molecule has 0 aromatic heterocycles. The zero-order valence-corrected chi connectivity index (χ0v) is 14.3. The standard InChI is InChI=1S/C6HCl5S.C6H3F3/c7-1-2(8)4(10)6(12)5(11)3(1)9;7-4-2-1-3-5(8)6(4)9/h4H;1-3H. The van der Waals surface area contributed by atoms with Crippen LogP contribution in [0.5, 0.6) is 0 Å². The van der Waals surface area contributed by atoms with E-state index in [4.69, 9.17) is 70.2 Å². The molecule has 0 saturated heterocycles. The summed E-state index contributed by atoms with van der Waals surface area (Å²) in [7, 11) is 0. The van der Waals surface area contributed by atoms with Crippen LogP contribution in [0.4, 0.5) is 13.2 Å². The zero-order valence-electron chi connectivity index (χ0n) is 9.74. The quantitative estimate of drug-likeness (QED) is 0.267. The summed E-state index contributed by atoms with van der Waals surface area (Å²) >= 11 is 33.5. The zero-order chi connectivity index (χ0) is 16.3. The molecule has 0 nitrogen and oxygen atoms in total. The Morgan fingerprint density at radius 2 is 1.33 bits per heavy atom. The normalized spacial score (nSPS) is 18.7. The Kier molecular flexibility index (Phi) is 7.31. The molecular formula is C12H4Cl5F3S. The first kappa shape index (κ1) is 19.1. The second kappa shape index (κ2) is 8.04. The fraction of sp³-hybridized carbons (Fsp3) is 0.0833. The van der Waals surface area contributed by atoms with Gasteiger partial charge in [0.05, 0.1) is 25.0 Å². The van der Waals surface area contributed by atoms with Crippen LogP contribution in [-0.2, 0) is 0 Å². The molecule has 114 valence electrons. The summed E-state index contributed by atoms with van der Waals surface area (Å²) in [6.07, 6.45) is 0. The fourth-order valence-electron chi connectivity index (χ4n) is 1.12. The predicted octanol–water partition coefficient (Wildman–Crippen LogP) is 6.46. The number of allylic oxidation sites excluding steroid dienone is 4. The number of thiocarbonyl (C=S) groups is 1. The largest absolute Gasteiger partial charge is 0.204 e. The van der Waals surface area contributed by atoms with E-state index in [1.165, 1.54) is 0 Å². The number of halogens is 8. The summed E-state index contributed by atoms with van der Waals surface area (Å²) in [6, 6.07) is 2.82. The molecule has 1 aliphatic rings. The van der Waals surface area contributed by atoms with Crippen molar-refractivity contribution in [2.45, 2.75) is 5.38 Å². The Hall–Kier alpha value is 0.0300. The second-order valence-corrected chi connectivity index (χ2v) is 5.97. The highest BCUT2D eigenvalue weighted by Crippen LogP contribution is 2.39. The third kappa shape index (κ3) is 4.50. The minimum absolute atomic E-state index is 0.158. The molecule has 0 amide bonds. The van der Waals surface area contributed by atoms with Crippen molar-refractivity contribution in [2.75, 3.05) is 0 Å². The molecule has 0 heterocycles. The monoisotopic (exact) mass is 412 g/mol. The molecule has 1 aromatic rings. The Morgan fingerprint density at radius 1 is 0.857 bits per heavy atom. The van der Waals surface area contributed by atoms with Gasteiger partial charge in [0.15, 0.2) is 17.5 Å². The highest BCUT2D eigenvalue weighted by atomic mass is 35.5. The van der Waals surface area contributed by atoms with Gasteiger partial charge in [-0.2, -0.15) is 0 Å². The minimum atomic E-state index is -1.42. The molecule has 0 bridgehead atoms. The van der Waals surface area contributed by atoms with Crippen LogP contribution in [0, 0.1) is 17.5 Å². The number of hydrogen-bond donors (Lipinski definition) is 0. The van der Waals surface area contributed by atoms with Gasteiger partial charge >= 0.3 is 0 Å². The summed E-state index contributed by atoms with van der Waals surface area (Å²) < 4.78 is 35.9. The lowest BCUT2D eigenvalue weighted by atomic mass is 10.2. The molecule has 0 saturated carbocycles. The summed E-state index contributed by atoms with van der Waals surface area (Å²) in [6.45, 7) is 0. The first-order valence-corrected chi connectivity index (χ1v) is 7.42. The van der Waals surface area contributed by atoms with Gasteiger partial charge < -0.3 is 0 Å². The molecule has 0 fully saturated rings. The molecule has 0 N–H and O–H groups in total. The lowest BCUT2D eigenvalue weighted by molar-refractivity contribution is 0.447. The Balaban J connectivity index is 0.000000219. The number of rotatable bonds is 0. The molecule has 0 radical (unpaired) electrons. The molecular weight excluding hydrogens is 410 g/mol. The van der Waals surface area contributed by atoms with Crippen LogP contribution < -0.4 is 0 Å². The van der Waals surface area contributed by atoms with E-state index in [0.29, 0.717) is 4.86 Å². The van der Waals surface area contributed by atoms with Crippen molar-refractivity contribution >= 4 is 75.1 Å². The highest BCUT2D eigenvalue weighted by molar-refractivity contribution is 7.81. The summed E-state index contributed by atoms with van der Waals surface area (Å²) in [5.41, 5.74) is 0. The number of hydrogen-bond acceptors (Lipinski definition) is 1. The van der Waals surface area contributed by atoms with Gasteiger partial charge in [0.1, 0.15) is 5.38 Å². The lowest BCUT2D eigenvalue weighted by Crippen LogP contribution is -2.18. The van der Waals surface area contributed by atoms with E-state index < -0.39 is 22.8 Å². The molecule has 1 unspecified atom stereocenters. The lowest BCUT2D eigenvalue weighted by Gasteiger charge is -2.17. The SMILES string of the molecule is Fc1cccc(F)c1F.S=C1C(Cl)=C(Cl)C(Cl)=C(Cl)C1Cl. The number of alkyl halides is 1. The maximum absolute atomic E-state index is 12.0. The van der Waals surface area contributed by atoms with Gasteiger partial charge in [-0.15, -0.1) is 11.6 Å². The Morgan fingerprint density at radius 3 is 1.76 bits per heavy atom. The maximum atomic E-state index is 12.0. The van der Waals surface area contributed by atoms with E-state index in [-0.39, 0.29) is 20.1 Å². The van der Waals surface area contributed by atoms with E-state index in [2.05, 4.69) is 0 Å². The molecule has 9 heteroatoms. The first-order chi connectivity index (χ1) is 9.68. The molecule has 1 aromatic carbocycles. The van der Waals surface area contributed by atoms with Crippen molar-refractivity contribution in [1.29, 1.82) is 0 Å². The van der Waals surface area contributed by atoms with Gasteiger partial charge in [-0.3, -0.25) is 0 Å². The van der Waals surface area contributed by atoms with Gasteiger partial charge in [0, 0.05) is 0 Å². The Labute approximate surface area is 149 Å². The van der Waals surface area contributed by atoms with E-state index in [9.17, 15) is 13.2 Å². The average Bonchev–Trinajstić information content (AvgIpc) is 2.47.